The summed E-state index contributed by atoms with van der Waals surface area (Å²) in [6, 6.07) is 9.66. The number of fused-ring (bicyclic) bond motifs is 1. The highest BCUT2D eigenvalue weighted by Gasteiger charge is 2.16. The second kappa shape index (κ2) is 7.98. The van der Waals surface area contributed by atoms with E-state index >= 15 is 0 Å². The van der Waals surface area contributed by atoms with Gasteiger partial charge in [-0.05, 0) is 55.5 Å². The average molecular weight is 459 g/mol. The minimum absolute atomic E-state index is 0.00360. The molecule has 0 radical (unpaired) electrons. The summed E-state index contributed by atoms with van der Waals surface area (Å²) in [5.74, 6) is -1.47. The van der Waals surface area contributed by atoms with Gasteiger partial charge in [-0.3, -0.25) is 4.79 Å². The number of aromatic nitrogens is 4. The summed E-state index contributed by atoms with van der Waals surface area (Å²) >= 11 is 12.9. The number of hydrogen-bond acceptors (Lipinski definition) is 4. The zero-order valence-electron chi connectivity index (χ0n) is 15.9. The molecule has 0 saturated heterocycles. The van der Waals surface area contributed by atoms with Crippen molar-refractivity contribution >= 4 is 51.2 Å². The van der Waals surface area contributed by atoms with E-state index in [1.54, 1.807) is 6.92 Å². The molecular weight excluding hydrogens is 446 g/mol. The minimum atomic E-state index is -1.14. The van der Waals surface area contributed by atoms with Gasteiger partial charge in [-0.15, -0.1) is 0 Å². The molecule has 0 saturated carbocycles. The lowest BCUT2D eigenvalue weighted by Gasteiger charge is -2.04. The van der Waals surface area contributed by atoms with E-state index < -0.39 is 11.5 Å². The van der Waals surface area contributed by atoms with Crippen LogP contribution in [0.2, 0.25) is 5.15 Å². The summed E-state index contributed by atoms with van der Waals surface area (Å²) in [6.07, 6.45) is 1.50. The standard InChI is InChI=1S/C21H13Cl2FN4O3/c1-10-15(18(23)28(27-10)13-5-3-12(24)4-6-13)9-16(22)19-25-17-8-11(21(30)31)2-7-14(17)20(29)26-19/h2-9H,1H3,(H,30,31)(H,25,26,29)/b16-9-. The lowest BCUT2D eigenvalue weighted by atomic mass is 10.1. The minimum Gasteiger partial charge on any atom is -0.478 e. The van der Waals surface area contributed by atoms with Crippen LogP contribution in [0, 0.1) is 12.7 Å². The van der Waals surface area contributed by atoms with Crippen LogP contribution < -0.4 is 5.56 Å². The molecule has 2 N–H and O–H groups in total. The Balaban J connectivity index is 1.79. The van der Waals surface area contributed by atoms with E-state index in [2.05, 4.69) is 15.1 Å². The van der Waals surface area contributed by atoms with Crippen molar-refractivity contribution in [3.63, 3.8) is 0 Å². The van der Waals surface area contributed by atoms with Crippen molar-refractivity contribution in [1.82, 2.24) is 19.7 Å². The Morgan fingerprint density at radius 2 is 1.94 bits per heavy atom. The Morgan fingerprint density at radius 1 is 1.23 bits per heavy atom. The van der Waals surface area contributed by atoms with Crippen LogP contribution in [0.4, 0.5) is 4.39 Å². The molecule has 4 rings (SSSR count). The molecule has 7 nitrogen and oxygen atoms in total. The first kappa shape index (κ1) is 20.8. The molecule has 156 valence electrons. The van der Waals surface area contributed by atoms with Crippen molar-refractivity contribution < 1.29 is 14.3 Å². The SMILES string of the molecule is Cc1nn(-c2ccc(F)cc2)c(Cl)c1/C=C(\Cl)c1nc2cc(C(=O)O)ccc2c(=O)[nH]1. The van der Waals surface area contributed by atoms with Crippen molar-refractivity contribution in [3.05, 3.63) is 86.4 Å². The summed E-state index contributed by atoms with van der Waals surface area (Å²) in [5.41, 5.74) is 1.31. The van der Waals surface area contributed by atoms with Gasteiger partial charge in [0.1, 0.15) is 11.0 Å². The molecule has 0 aliphatic carbocycles. The number of aryl methyl sites for hydroxylation is 1. The van der Waals surface area contributed by atoms with Crippen molar-refractivity contribution in [3.8, 4) is 5.69 Å². The van der Waals surface area contributed by atoms with E-state index in [1.807, 2.05) is 0 Å². The van der Waals surface area contributed by atoms with Gasteiger partial charge in [0.05, 0.1) is 32.9 Å². The van der Waals surface area contributed by atoms with Gasteiger partial charge in [0.15, 0.2) is 5.82 Å². The summed E-state index contributed by atoms with van der Waals surface area (Å²) in [5, 5.41) is 14.1. The van der Waals surface area contributed by atoms with Gasteiger partial charge in [0, 0.05) is 5.56 Å². The second-order valence-corrected chi connectivity index (χ2v) is 7.39. The largest absolute Gasteiger partial charge is 0.478 e. The smallest absolute Gasteiger partial charge is 0.335 e. The van der Waals surface area contributed by atoms with E-state index in [-0.39, 0.29) is 38.3 Å². The highest BCUT2D eigenvalue weighted by atomic mass is 35.5. The maximum absolute atomic E-state index is 13.2. The van der Waals surface area contributed by atoms with Crippen LogP contribution >= 0.6 is 23.2 Å². The van der Waals surface area contributed by atoms with Crippen molar-refractivity contribution in [2.45, 2.75) is 6.92 Å². The van der Waals surface area contributed by atoms with Crippen molar-refractivity contribution in [2.75, 3.05) is 0 Å². The molecule has 0 aliphatic heterocycles. The molecule has 31 heavy (non-hydrogen) atoms. The number of carbonyl (C=O) groups is 1. The molecule has 2 aromatic heterocycles. The molecule has 0 amide bonds. The Bertz CT molecular complexity index is 1430. The molecule has 0 spiro atoms. The topological polar surface area (TPSA) is 101 Å². The van der Waals surface area contributed by atoms with Crippen molar-refractivity contribution in [1.29, 1.82) is 0 Å². The Morgan fingerprint density at radius 3 is 2.61 bits per heavy atom. The van der Waals surface area contributed by atoms with Crippen LogP contribution in [-0.2, 0) is 0 Å². The first-order valence-corrected chi connectivity index (χ1v) is 9.66. The lowest BCUT2D eigenvalue weighted by Crippen LogP contribution is -2.11. The molecule has 2 heterocycles. The number of halogens is 3. The Labute approximate surface area is 184 Å². The third kappa shape index (κ3) is 3.95. The number of benzene rings is 2. The monoisotopic (exact) mass is 458 g/mol. The van der Waals surface area contributed by atoms with Gasteiger partial charge in [-0.1, -0.05) is 23.2 Å². The van der Waals surface area contributed by atoms with Crippen LogP contribution in [0.15, 0.2) is 47.3 Å². The van der Waals surface area contributed by atoms with Gasteiger partial charge in [-0.25, -0.2) is 18.9 Å². The number of carboxylic acids is 1. The zero-order valence-corrected chi connectivity index (χ0v) is 17.4. The predicted octanol–water partition coefficient (Wildman–Crippen LogP) is 4.64. The van der Waals surface area contributed by atoms with E-state index in [4.69, 9.17) is 28.3 Å². The molecule has 2 aromatic carbocycles. The molecular formula is C21H13Cl2FN4O3. The van der Waals surface area contributed by atoms with Gasteiger partial charge in [-0.2, -0.15) is 5.10 Å². The zero-order chi connectivity index (χ0) is 22.3. The first-order valence-electron chi connectivity index (χ1n) is 8.90. The van der Waals surface area contributed by atoms with Gasteiger partial charge in [0.25, 0.3) is 5.56 Å². The normalized spacial score (nSPS) is 11.8. The van der Waals surface area contributed by atoms with Gasteiger partial charge < -0.3 is 10.1 Å². The van der Waals surface area contributed by atoms with E-state index in [0.717, 1.165) is 0 Å². The van der Waals surface area contributed by atoms with Gasteiger partial charge in [0.2, 0.25) is 0 Å². The van der Waals surface area contributed by atoms with E-state index in [1.165, 1.54) is 53.2 Å². The van der Waals surface area contributed by atoms with Crippen LogP contribution in [0.3, 0.4) is 0 Å². The van der Waals surface area contributed by atoms with Crippen molar-refractivity contribution in [2.24, 2.45) is 0 Å². The molecule has 0 atom stereocenters. The summed E-state index contributed by atoms with van der Waals surface area (Å²) < 4.78 is 14.6. The van der Waals surface area contributed by atoms with Crippen LogP contribution in [-0.4, -0.2) is 30.8 Å². The van der Waals surface area contributed by atoms with Crippen LogP contribution in [0.1, 0.15) is 27.4 Å². The van der Waals surface area contributed by atoms with E-state index in [9.17, 15) is 14.0 Å². The number of aromatic carboxylic acids is 1. The summed E-state index contributed by atoms with van der Waals surface area (Å²) in [7, 11) is 0. The fraction of sp³-hybridized carbons (Fsp3) is 0.0476. The molecule has 0 fully saturated rings. The number of carboxylic acid groups (broad SMARTS) is 1. The highest BCUT2D eigenvalue weighted by Crippen LogP contribution is 2.29. The third-order valence-corrected chi connectivity index (χ3v) is 5.22. The number of rotatable bonds is 4. The second-order valence-electron chi connectivity index (χ2n) is 6.62. The fourth-order valence-corrected chi connectivity index (χ4v) is 3.53. The number of hydrogen-bond donors (Lipinski definition) is 2. The number of H-pyrrole nitrogens is 1. The maximum Gasteiger partial charge on any atom is 0.335 e. The summed E-state index contributed by atoms with van der Waals surface area (Å²) in [6.45, 7) is 1.72. The lowest BCUT2D eigenvalue weighted by molar-refractivity contribution is 0.0697. The number of nitrogens with zero attached hydrogens (tertiary/aromatic N) is 3. The molecule has 10 heteroatoms. The Hall–Kier alpha value is -3.49. The van der Waals surface area contributed by atoms with Gasteiger partial charge >= 0.3 is 5.97 Å². The highest BCUT2D eigenvalue weighted by molar-refractivity contribution is 6.51. The van der Waals surface area contributed by atoms with E-state index in [0.29, 0.717) is 16.9 Å². The number of aromatic amines is 1. The summed E-state index contributed by atoms with van der Waals surface area (Å²) in [4.78, 5) is 30.4. The average Bonchev–Trinajstić information content (AvgIpc) is 3.02. The van der Waals surface area contributed by atoms with Crippen LogP contribution in [0.5, 0.6) is 0 Å². The molecule has 0 bridgehead atoms. The first-order chi connectivity index (χ1) is 14.7. The predicted molar refractivity (Wildman–Crippen MR) is 116 cm³/mol. The number of nitrogens with one attached hydrogen (secondary N) is 1. The molecule has 0 unspecified atom stereocenters. The third-order valence-electron chi connectivity index (χ3n) is 4.57. The fourth-order valence-electron chi connectivity index (χ4n) is 3.01. The maximum atomic E-state index is 13.2. The van der Waals surface area contributed by atoms with Crippen LogP contribution in [0.25, 0.3) is 27.7 Å². The Kier molecular flexibility index (Phi) is 5.34. The quantitative estimate of drug-likeness (QED) is 0.463. The molecule has 0 aliphatic rings. The molecule has 4 aromatic rings.